The van der Waals surface area contributed by atoms with E-state index in [1.54, 1.807) is 0 Å². The lowest BCUT2D eigenvalue weighted by Crippen LogP contribution is -2.53. The van der Waals surface area contributed by atoms with Crippen LogP contribution < -0.4 is 0 Å². The first-order valence-corrected chi connectivity index (χ1v) is 8.08. The Hall–Kier alpha value is -1.24. The summed E-state index contributed by atoms with van der Waals surface area (Å²) in [5.41, 5.74) is -0.341. The number of carbonyl (C=O) groups excluding carboxylic acids is 1. The smallest absolute Gasteiger partial charge is 0.257 e. The third-order valence-corrected chi connectivity index (χ3v) is 4.98. The molecule has 2 fully saturated rings. The molecule has 1 aromatic carbocycles. The van der Waals surface area contributed by atoms with Crippen molar-refractivity contribution >= 4 is 17.5 Å². The fourth-order valence-corrected chi connectivity index (χ4v) is 3.64. The minimum atomic E-state index is -0.849. The van der Waals surface area contributed by atoms with Crippen molar-refractivity contribution in [2.75, 3.05) is 19.8 Å². The van der Waals surface area contributed by atoms with Gasteiger partial charge in [-0.05, 0) is 25.0 Å². The van der Waals surface area contributed by atoms with Gasteiger partial charge in [0, 0.05) is 12.5 Å². The summed E-state index contributed by atoms with van der Waals surface area (Å²) in [6, 6.07) is 1.31. The second kappa shape index (κ2) is 6.71. The largest absolute Gasteiger partial charge is 0.393 e. The van der Waals surface area contributed by atoms with Crippen molar-refractivity contribution in [1.29, 1.82) is 0 Å². The molecule has 0 spiro atoms. The SMILES string of the molecule is O=C(c1cc(F)c(Cl)cc1F)N1CCOCC1C1CCCC1O. The lowest BCUT2D eigenvalue weighted by molar-refractivity contribution is -0.0385. The van der Waals surface area contributed by atoms with Crippen LogP contribution in [0.4, 0.5) is 8.78 Å². The van der Waals surface area contributed by atoms with Crippen LogP contribution in [-0.2, 0) is 4.74 Å². The van der Waals surface area contributed by atoms with Crippen LogP contribution in [0.3, 0.4) is 0 Å². The molecule has 2 aliphatic rings. The summed E-state index contributed by atoms with van der Waals surface area (Å²) in [7, 11) is 0. The standard InChI is InChI=1S/C16H18ClF2NO3/c17-11-7-12(18)10(6-13(11)19)16(22)20-4-5-23-8-14(20)9-2-1-3-15(9)21/h6-7,9,14-15,21H,1-5,8H2. The van der Waals surface area contributed by atoms with Gasteiger partial charge in [-0.15, -0.1) is 0 Å². The van der Waals surface area contributed by atoms with Crippen molar-refractivity contribution in [2.45, 2.75) is 31.4 Å². The van der Waals surface area contributed by atoms with Crippen molar-refractivity contribution in [3.05, 3.63) is 34.4 Å². The number of aliphatic hydroxyl groups excluding tert-OH is 1. The zero-order valence-electron chi connectivity index (χ0n) is 12.5. The van der Waals surface area contributed by atoms with E-state index in [1.807, 2.05) is 0 Å². The minimum absolute atomic E-state index is 0.0977. The highest BCUT2D eigenvalue weighted by atomic mass is 35.5. The molecule has 0 radical (unpaired) electrons. The van der Waals surface area contributed by atoms with Crippen molar-refractivity contribution in [1.82, 2.24) is 4.90 Å². The fourth-order valence-electron chi connectivity index (χ4n) is 3.49. The molecule has 1 heterocycles. The number of halogens is 3. The molecule has 1 saturated heterocycles. The van der Waals surface area contributed by atoms with E-state index in [9.17, 15) is 18.7 Å². The van der Waals surface area contributed by atoms with Crippen LogP contribution in [0.5, 0.6) is 0 Å². The molecule has 3 rings (SSSR count). The van der Waals surface area contributed by atoms with Gasteiger partial charge >= 0.3 is 0 Å². The summed E-state index contributed by atoms with van der Waals surface area (Å²) in [5, 5.41) is 9.74. The van der Waals surface area contributed by atoms with Gasteiger partial charge in [0.15, 0.2) is 0 Å². The molecule has 23 heavy (non-hydrogen) atoms. The second-order valence-corrected chi connectivity index (χ2v) is 6.46. The fraction of sp³-hybridized carbons (Fsp3) is 0.562. The Morgan fingerprint density at radius 2 is 2.09 bits per heavy atom. The Kier molecular flexibility index (Phi) is 4.85. The summed E-state index contributed by atoms with van der Waals surface area (Å²) >= 11 is 5.53. The number of nitrogens with zero attached hydrogens (tertiary/aromatic N) is 1. The third kappa shape index (κ3) is 3.20. The molecule has 1 aliphatic carbocycles. The molecule has 1 aromatic rings. The van der Waals surface area contributed by atoms with E-state index in [0.29, 0.717) is 19.6 Å². The van der Waals surface area contributed by atoms with Crippen LogP contribution >= 0.6 is 11.6 Å². The molecule has 1 amide bonds. The zero-order valence-corrected chi connectivity index (χ0v) is 13.2. The molecule has 126 valence electrons. The number of hydrogen-bond acceptors (Lipinski definition) is 3. The van der Waals surface area contributed by atoms with Crippen LogP contribution in [0.15, 0.2) is 12.1 Å². The average Bonchev–Trinajstić information content (AvgIpc) is 2.96. The van der Waals surface area contributed by atoms with E-state index in [-0.39, 0.29) is 29.1 Å². The predicted molar refractivity (Wildman–Crippen MR) is 80.4 cm³/mol. The average molecular weight is 346 g/mol. The van der Waals surface area contributed by atoms with Crippen LogP contribution in [0, 0.1) is 17.6 Å². The molecule has 1 aliphatic heterocycles. The van der Waals surface area contributed by atoms with Gasteiger partial charge in [-0.1, -0.05) is 18.0 Å². The molecule has 1 N–H and O–H groups in total. The van der Waals surface area contributed by atoms with Crippen molar-refractivity contribution in [3.8, 4) is 0 Å². The Bertz CT molecular complexity index is 613. The van der Waals surface area contributed by atoms with E-state index in [4.69, 9.17) is 16.3 Å². The number of morpholine rings is 1. The highest BCUT2D eigenvalue weighted by Gasteiger charge is 2.40. The molecular weight excluding hydrogens is 328 g/mol. The van der Waals surface area contributed by atoms with Gasteiger partial charge in [0.2, 0.25) is 0 Å². The summed E-state index contributed by atoms with van der Waals surface area (Å²) in [6.45, 7) is 0.921. The first-order chi connectivity index (χ1) is 11.0. The molecular formula is C16H18ClF2NO3. The summed E-state index contributed by atoms with van der Waals surface area (Å²) in [5.74, 6) is -2.37. The quantitative estimate of drug-likeness (QED) is 0.838. The molecule has 0 aromatic heterocycles. The Morgan fingerprint density at radius 1 is 1.30 bits per heavy atom. The molecule has 3 atom stereocenters. The van der Waals surface area contributed by atoms with Gasteiger partial charge in [0.05, 0.1) is 35.9 Å². The maximum absolute atomic E-state index is 14.0. The number of ether oxygens (including phenoxy) is 1. The Balaban J connectivity index is 1.88. The van der Waals surface area contributed by atoms with Crippen LogP contribution in [0.1, 0.15) is 29.6 Å². The zero-order chi connectivity index (χ0) is 16.6. The number of aliphatic hydroxyl groups is 1. The monoisotopic (exact) mass is 345 g/mol. The summed E-state index contributed by atoms with van der Waals surface area (Å²) in [6.07, 6.45) is 1.86. The molecule has 3 unspecified atom stereocenters. The van der Waals surface area contributed by atoms with Gasteiger partial charge in [-0.2, -0.15) is 0 Å². The van der Waals surface area contributed by atoms with Crippen LogP contribution in [0.2, 0.25) is 5.02 Å². The van der Waals surface area contributed by atoms with Crippen LogP contribution in [-0.4, -0.2) is 47.8 Å². The van der Waals surface area contributed by atoms with E-state index in [2.05, 4.69) is 0 Å². The van der Waals surface area contributed by atoms with E-state index in [0.717, 1.165) is 25.0 Å². The summed E-state index contributed by atoms with van der Waals surface area (Å²) < 4.78 is 33.1. The maximum atomic E-state index is 14.0. The summed E-state index contributed by atoms with van der Waals surface area (Å²) in [4.78, 5) is 14.2. The first-order valence-electron chi connectivity index (χ1n) is 7.70. The first kappa shape index (κ1) is 16.6. The van der Waals surface area contributed by atoms with E-state index >= 15 is 0 Å². The third-order valence-electron chi connectivity index (χ3n) is 4.69. The number of benzene rings is 1. The number of rotatable bonds is 2. The Morgan fingerprint density at radius 3 is 2.78 bits per heavy atom. The number of hydrogen-bond donors (Lipinski definition) is 1. The van der Waals surface area contributed by atoms with Gasteiger partial charge in [0.25, 0.3) is 5.91 Å². The van der Waals surface area contributed by atoms with Crippen LogP contribution in [0.25, 0.3) is 0 Å². The highest BCUT2D eigenvalue weighted by molar-refractivity contribution is 6.30. The lowest BCUT2D eigenvalue weighted by Gasteiger charge is -2.40. The topological polar surface area (TPSA) is 49.8 Å². The minimum Gasteiger partial charge on any atom is -0.393 e. The van der Waals surface area contributed by atoms with Gasteiger partial charge in [0.1, 0.15) is 11.6 Å². The predicted octanol–water partition coefficient (Wildman–Crippen LogP) is 2.62. The van der Waals surface area contributed by atoms with E-state index < -0.39 is 23.6 Å². The van der Waals surface area contributed by atoms with Crippen molar-refractivity contribution in [3.63, 3.8) is 0 Å². The van der Waals surface area contributed by atoms with Gasteiger partial charge in [-0.25, -0.2) is 8.78 Å². The maximum Gasteiger partial charge on any atom is 0.257 e. The van der Waals surface area contributed by atoms with Gasteiger partial charge < -0.3 is 14.7 Å². The number of amides is 1. The molecule has 7 heteroatoms. The van der Waals surface area contributed by atoms with Crippen molar-refractivity contribution < 1.29 is 23.4 Å². The van der Waals surface area contributed by atoms with Gasteiger partial charge in [-0.3, -0.25) is 4.79 Å². The Labute approximate surface area is 138 Å². The molecule has 4 nitrogen and oxygen atoms in total. The number of carbonyl (C=O) groups is 1. The van der Waals surface area contributed by atoms with Crippen molar-refractivity contribution in [2.24, 2.45) is 5.92 Å². The molecule has 1 saturated carbocycles. The van der Waals surface area contributed by atoms with E-state index in [1.165, 1.54) is 4.90 Å². The highest BCUT2D eigenvalue weighted by Crippen LogP contribution is 2.33. The molecule has 0 bridgehead atoms. The lowest BCUT2D eigenvalue weighted by atomic mass is 9.93. The second-order valence-electron chi connectivity index (χ2n) is 6.05. The normalized spacial score (nSPS) is 28.2.